The van der Waals surface area contributed by atoms with Gasteiger partial charge in [-0.1, -0.05) is 17.7 Å². The van der Waals surface area contributed by atoms with Crippen molar-refractivity contribution in [2.45, 2.75) is 32.9 Å². The molecule has 0 spiro atoms. The molecule has 1 aromatic carbocycles. The SMILES string of the molecule is CC(C)(C)N1CCN(Cc2ccc(C#N)cc2Cl)CC1. The van der Waals surface area contributed by atoms with Crippen molar-refractivity contribution in [3.05, 3.63) is 34.3 Å². The molecule has 1 heterocycles. The third kappa shape index (κ3) is 3.73. The van der Waals surface area contributed by atoms with Crippen molar-refractivity contribution in [3.63, 3.8) is 0 Å². The summed E-state index contributed by atoms with van der Waals surface area (Å²) in [5.41, 5.74) is 1.98. The molecule has 0 atom stereocenters. The summed E-state index contributed by atoms with van der Waals surface area (Å²) < 4.78 is 0. The average molecular weight is 292 g/mol. The molecule has 0 radical (unpaired) electrons. The molecule has 0 saturated carbocycles. The van der Waals surface area contributed by atoms with Crippen LogP contribution in [0.25, 0.3) is 0 Å². The van der Waals surface area contributed by atoms with Crippen molar-refractivity contribution >= 4 is 11.6 Å². The summed E-state index contributed by atoms with van der Waals surface area (Å²) in [5.74, 6) is 0. The molecule has 1 aliphatic heterocycles. The molecule has 0 aliphatic carbocycles. The second-order valence-electron chi connectivity index (χ2n) is 6.35. The molecular formula is C16H22ClN3. The number of hydrogen-bond donors (Lipinski definition) is 0. The number of piperazine rings is 1. The van der Waals surface area contributed by atoms with E-state index in [2.05, 4.69) is 36.6 Å². The molecule has 1 fully saturated rings. The van der Waals surface area contributed by atoms with Crippen LogP contribution in [0.15, 0.2) is 18.2 Å². The number of rotatable bonds is 2. The smallest absolute Gasteiger partial charge is 0.0992 e. The van der Waals surface area contributed by atoms with Gasteiger partial charge in [-0.2, -0.15) is 5.26 Å². The van der Waals surface area contributed by atoms with Crippen LogP contribution in [-0.2, 0) is 6.54 Å². The maximum atomic E-state index is 8.86. The minimum atomic E-state index is 0.248. The van der Waals surface area contributed by atoms with Gasteiger partial charge in [-0.3, -0.25) is 9.80 Å². The van der Waals surface area contributed by atoms with Crippen LogP contribution in [0, 0.1) is 11.3 Å². The Labute approximate surface area is 126 Å². The Morgan fingerprint density at radius 1 is 1.20 bits per heavy atom. The topological polar surface area (TPSA) is 30.3 Å². The summed E-state index contributed by atoms with van der Waals surface area (Å²) >= 11 is 6.24. The van der Waals surface area contributed by atoms with Crippen molar-refractivity contribution in [1.29, 1.82) is 5.26 Å². The molecule has 0 aromatic heterocycles. The van der Waals surface area contributed by atoms with Gasteiger partial charge < -0.3 is 0 Å². The summed E-state index contributed by atoms with van der Waals surface area (Å²) in [6, 6.07) is 7.68. The highest BCUT2D eigenvalue weighted by atomic mass is 35.5. The third-order valence-corrected chi connectivity index (χ3v) is 4.25. The Balaban J connectivity index is 1.95. The standard InChI is InChI=1S/C16H22ClN3/c1-16(2,3)20-8-6-19(7-9-20)12-14-5-4-13(11-18)10-15(14)17/h4-5,10H,6-9,12H2,1-3H3. The zero-order chi connectivity index (χ0) is 14.8. The summed E-state index contributed by atoms with van der Waals surface area (Å²) in [6.07, 6.45) is 0. The Bertz CT molecular complexity index is 505. The second kappa shape index (κ2) is 6.13. The van der Waals surface area contributed by atoms with E-state index in [1.807, 2.05) is 12.1 Å². The van der Waals surface area contributed by atoms with Crippen molar-refractivity contribution < 1.29 is 0 Å². The molecule has 1 aliphatic rings. The number of nitriles is 1. The van der Waals surface area contributed by atoms with E-state index in [1.54, 1.807) is 6.07 Å². The first kappa shape index (κ1) is 15.3. The first-order valence-electron chi connectivity index (χ1n) is 7.06. The van der Waals surface area contributed by atoms with E-state index in [1.165, 1.54) is 0 Å². The fourth-order valence-corrected chi connectivity index (χ4v) is 2.80. The Morgan fingerprint density at radius 2 is 1.85 bits per heavy atom. The normalized spacial score (nSPS) is 17.9. The molecule has 4 heteroatoms. The maximum absolute atomic E-state index is 8.86. The zero-order valence-corrected chi connectivity index (χ0v) is 13.2. The number of nitrogens with zero attached hydrogens (tertiary/aromatic N) is 3. The fraction of sp³-hybridized carbons (Fsp3) is 0.562. The molecule has 3 nitrogen and oxygen atoms in total. The van der Waals surface area contributed by atoms with Gasteiger partial charge in [-0.25, -0.2) is 0 Å². The molecule has 2 rings (SSSR count). The fourth-order valence-electron chi connectivity index (χ4n) is 2.56. The molecular weight excluding hydrogens is 270 g/mol. The molecule has 0 amide bonds. The Hall–Kier alpha value is -1.08. The van der Waals surface area contributed by atoms with E-state index in [4.69, 9.17) is 16.9 Å². The molecule has 1 saturated heterocycles. The summed E-state index contributed by atoms with van der Waals surface area (Å²) in [5, 5.41) is 9.55. The minimum Gasteiger partial charge on any atom is -0.296 e. The summed E-state index contributed by atoms with van der Waals surface area (Å²) in [7, 11) is 0. The van der Waals surface area contributed by atoms with E-state index in [9.17, 15) is 0 Å². The Kier molecular flexibility index (Phi) is 4.70. The van der Waals surface area contributed by atoms with Gasteiger partial charge in [0.15, 0.2) is 0 Å². The summed E-state index contributed by atoms with van der Waals surface area (Å²) in [6.45, 7) is 12.0. The Morgan fingerprint density at radius 3 is 2.35 bits per heavy atom. The van der Waals surface area contributed by atoms with E-state index in [-0.39, 0.29) is 5.54 Å². The monoisotopic (exact) mass is 291 g/mol. The quantitative estimate of drug-likeness (QED) is 0.839. The predicted octanol–water partition coefficient (Wildman–Crippen LogP) is 3.13. The molecule has 0 bridgehead atoms. The van der Waals surface area contributed by atoms with Crippen LogP contribution in [0.4, 0.5) is 0 Å². The highest BCUT2D eigenvalue weighted by molar-refractivity contribution is 6.31. The minimum absolute atomic E-state index is 0.248. The molecule has 20 heavy (non-hydrogen) atoms. The van der Waals surface area contributed by atoms with Gasteiger partial charge in [-0.15, -0.1) is 0 Å². The lowest BCUT2D eigenvalue weighted by atomic mass is 10.0. The van der Waals surface area contributed by atoms with E-state index in [0.717, 1.165) is 38.3 Å². The predicted molar refractivity (Wildman–Crippen MR) is 82.8 cm³/mol. The number of halogens is 1. The van der Waals surface area contributed by atoms with E-state index in [0.29, 0.717) is 10.6 Å². The molecule has 0 unspecified atom stereocenters. The lowest BCUT2D eigenvalue weighted by molar-refractivity contribution is 0.0591. The van der Waals surface area contributed by atoms with Gasteiger partial charge in [0.2, 0.25) is 0 Å². The lowest BCUT2D eigenvalue weighted by Crippen LogP contribution is -2.53. The highest BCUT2D eigenvalue weighted by Gasteiger charge is 2.25. The molecule has 108 valence electrons. The van der Waals surface area contributed by atoms with Crippen LogP contribution in [0.2, 0.25) is 5.02 Å². The largest absolute Gasteiger partial charge is 0.296 e. The van der Waals surface area contributed by atoms with Crippen molar-refractivity contribution in [2.24, 2.45) is 0 Å². The van der Waals surface area contributed by atoms with Crippen LogP contribution >= 0.6 is 11.6 Å². The van der Waals surface area contributed by atoms with Crippen LogP contribution in [-0.4, -0.2) is 41.5 Å². The molecule has 0 N–H and O–H groups in total. The summed E-state index contributed by atoms with van der Waals surface area (Å²) in [4.78, 5) is 4.94. The van der Waals surface area contributed by atoms with Crippen LogP contribution in [0.3, 0.4) is 0 Å². The van der Waals surface area contributed by atoms with Crippen LogP contribution < -0.4 is 0 Å². The van der Waals surface area contributed by atoms with E-state index < -0.39 is 0 Å². The van der Waals surface area contributed by atoms with Gasteiger partial charge in [0, 0.05) is 43.3 Å². The van der Waals surface area contributed by atoms with Gasteiger partial charge in [0.1, 0.15) is 0 Å². The van der Waals surface area contributed by atoms with E-state index >= 15 is 0 Å². The van der Waals surface area contributed by atoms with Crippen LogP contribution in [0.1, 0.15) is 31.9 Å². The number of hydrogen-bond acceptors (Lipinski definition) is 3. The maximum Gasteiger partial charge on any atom is 0.0992 e. The van der Waals surface area contributed by atoms with Crippen LogP contribution in [0.5, 0.6) is 0 Å². The first-order chi connectivity index (χ1) is 9.40. The third-order valence-electron chi connectivity index (χ3n) is 3.90. The van der Waals surface area contributed by atoms with Crippen molar-refractivity contribution in [1.82, 2.24) is 9.80 Å². The highest BCUT2D eigenvalue weighted by Crippen LogP contribution is 2.21. The average Bonchev–Trinajstić information content (AvgIpc) is 2.40. The molecule has 1 aromatic rings. The van der Waals surface area contributed by atoms with Gasteiger partial charge in [0.25, 0.3) is 0 Å². The lowest BCUT2D eigenvalue weighted by Gasteiger charge is -2.42. The second-order valence-corrected chi connectivity index (χ2v) is 6.76. The van der Waals surface area contributed by atoms with Crippen molar-refractivity contribution in [2.75, 3.05) is 26.2 Å². The zero-order valence-electron chi connectivity index (χ0n) is 12.5. The van der Waals surface area contributed by atoms with Gasteiger partial charge in [-0.05, 0) is 38.5 Å². The first-order valence-corrected chi connectivity index (χ1v) is 7.44. The van der Waals surface area contributed by atoms with Crippen molar-refractivity contribution in [3.8, 4) is 6.07 Å². The van der Waals surface area contributed by atoms with Gasteiger partial charge >= 0.3 is 0 Å². The van der Waals surface area contributed by atoms with Gasteiger partial charge in [0.05, 0.1) is 11.6 Å². The number of benzene rings is 1.